The molecule has 0 aromatic rings. The highest BCUT2D eigenvalue weighted by Gasteiger charge is 2.16. The minimum atomic E-state index is -0.906. The van der Waals surface area contributed by atoms with E-state index in [0.29, 0.717) is 0 Å². The van der Waals surface area contributed by atoms with Crippen LogP contribution in [0.2, 0.25) is 0 Å². The van der Waals surface area contributed by atoms with Gasteiger partial charge in [0, 0.05) is 19.5 Å². The van der Waals surface area contributed by atoms with E-state index in [1.807, 2.05) is 0 Å². The second kappa shape index (κ2) is 4.84. The lowest BCUT2D eigenvalue weighted by Crippen LogP contribution is -2.35. The van der Waals surface area contributed by atoms with E-state index in [4.69, 9.17) is 5.11 Å². The molecule has 0 aromatic carbocycles. The SMILES string of the molecule is O=C(O)CCC(=O)N1CC[CH]CC1. The first-order valence-corrected chi connectivity index (χ1v) is 4.51. The fourth-order valence-electron chi connectivity index (χ4n) is 1.37. The molecule has 0 spiro atoms. The van der Waals surface area contributed by atoms with E-state index in [-0.39, 0.29) is 18.7 Å². The third-order valence-electron chi connectivity index (χ3n) is 2.11. The van der Waals surface area contributed by atoms with Crippen molar-refractivity contribution in [2.45, 2.75) is 25.7 Å². The third kappa shape index (κ3) is 3.44. The van der Waals surface area contributed by atoms with Crippen molar-refractivity contribution in [2.75, 3.05) is 13.1 Å². The molecule has 0 aliphatic carbocycles. The zero-order valence-corrected chi connectivity index (χ0v) is 7.53. The number of hydrogen-bond acceptors (Lipinski definition) is 2. The van der Waals surface area contributed by atoms with Gasteiger partial charge in [0.2, 0.25) is 5.91 Å². The van der Waals surface area contributed by atoms with Crippen molar-refractivity contribution in [2.24, 2.45) is 0 Å². The Labute approximate surface area is 77.5 Å². The van der Waals surface area contributed by atoms with Crippen molar-refractivity contribution in [3.8, 4) is 0 Å². The quantitative estimate of drug-likeness (QED) is 0.701. The third-order valence-corrected chi connectivity index (χ3v) is 2.11. The Balaban J connectivity index is 2.25. The molecular formula is C9H14NO3. The lowest BCUT2D eigenvalue weighted by Gasteiger charge is -2.26. The number of amides is 1. The number of carbonyl (C=O) groups is 2. The number of carboxylic acids is 1. The van der Waals surface area contributed by atoms with Crippen molar-refractivity contribution in [3.05, 3.63) is 6.42 Å². The largest absolute Gasteiger partial charge is 0.481 e. The van der Waals surface area contributed by atoms with Crippen LogP contribution in [-0.4, -0.2) is 35.0 Å². The highest BCUT2D eigenvalue weighted by atomic mass is 16.4. The zero-order chi connectivity index (χ0) is 9.68. The minimum Gasteiger partial charge on any atom is -0.481 e. The fourth-order valence-corrected chi connectivity index (χ4v) is 1.37. The summed E-state index contributed by atoms with van der Waals surface area (Å²) in [5, 5.41) is 8.38. The molecule has 0 atom stereocenters. The number of hydrogen-bond donors (Lipinski definition) is 1. The monoisotopic (exact) mass is 184 g/mol. The molecule has 1 rings (SSSR count). The molecular weight excluding hydrogens is 170 g/mol. The Kier molecular flexibility index (Phi) is 3.73. The molecule has 0 aromatic heterocycles. The average molecular weight is 184 g/mol. The molecule has 4 nitrogen and oxygen atoms in total. The van der Waals surface area contributed by atoms with Crippen LogP contribution in [-0.2, 0) is 9.59 Å². The van der Waals surface area contributed by atoms with Crippen molar-refractivity contribution >= 4 is 11.9 Å². The number of nitrogens with zero attached hydrogens (tertiary/aromatic N) is 1. The number of carbonyl (C=O) groups excluding carboxylic acids is 1. The standard InChI is InChI=1S/C9H14NO3/c11-8(4-5-9(12)13)10-6-2-1-3-7-10/h1H,2-7H2,(H,12,13). The Bertz CT molecular complexity index is 197. The van der Waals surface area contributed by atoms with E-state index in [1.165, 1.54) is 0 Å². The van der Waals surface area contributed by atoms with Crippen LogP contribution in [0.1, 0.15) is 25.7 Å². The van der Waals surface area contributed by atoms with Gasteiger partial charge < -0.3 is 10.0 Å². The van der Waals surface area contributed by atoms with Gasteiger partial charge in [-0.15, -0.1) is 0 Å². The second-order valence-corrected chi connectivity index (χ2v) is 3.14. The van der Waals surface area contributed by atoms with Crippen molar-refractivity contribution in [3.63, 3.8) is 0 Å². The molecule has 1 radical (unpaired) electrons. The molecule has 1 saturated heterocycles. The Hall–Kier alpha value is -1.06. The van der Waals surface area contributed by atoms with Crippen molar-refractivity contribution in [1.82, 2.24) is 4.90 Å². The van der Waals surface area contributed by atoms with Crippen LogP contribution in [0.25, 0.3) is 0 Å². The summed E-state index contributed by atoms with van der Waals surface area (Å²) < 4.78 is 0. The summed E-state index contributed by atoms with van der Waals surface area (Å²) in [7, 11) is 0. The van der Waals surface area contributed by atoms with E-state index in [9.17, 15) is 9.59 Å². The molecule has 0 bridgehead atoms. The lowest BCUT2D eigenvalue weighted by atomic mass is 10.1. The van der Waals surface area contributed by atoms with E-state index in [1.54, 1.807) is 4.90 Å². The van der Waals surface area contributed by atoms with Crippen LogP contribution >= 0.6 is 0 Å². The van der Waals surface area contributed by atoms with Crippen LogP contribution in [0, 0.1) is 6.42 Å². The summed E-state index contributed by atoms with van der Waals surface area (Å²) in [6.07, 6.45) is 4.09. The predicted octanol–water partition coefficient (Wildman–Crippen LogP) is 0.678. The van der Waals surface area contributed by atoms with Gasteiger partial charge in [-0.3, -0.25) is 9.59 Å². The highest BCUT2D eigenvalue weighted by Crippen LogP contribution is 2.09. The first-order chi connectivity index (χ1) is 6.20. The summed E-state index contributed by atoms with van der Waals surface area (Å²) in [6, 6.07) is 0. The van der Waals surface area contributed by atoms with Gasteiger partial charge >= 0.3 is 5.97 Å². The van der Waals surface area contributed by atoms with Gasteiger partial charge in [-0.25, -0.2) is 0 Å². The molecule has 1 aliphatic heterocycles. The summed E-state index contributed by atoms with van der Waals surface area (Å²) in [6.45, 7) is 1.50. The zero-order valence-electron chi connectivity index (χ0n) is 7.53. The molecule has 1 fully saturated rings. The molecule has 0 saturated carbocycles. The van der Waals surface area contributed by atoms with Crippen molar-refractivity contribution in [1.29, 1.82) is 0 Å². The van der Waals surface area contributed by atoms with Crippen molar-refractivity contribution < 1.29 is 14.7 Å². The van der Waals surface area contributed by atoms with E-state index >= 15 is 0 Å². The number of aliphatic carboxylic acids is 1. The van der Waals surface area contributed by atoms with Gasteiger partial charge in [-0.2, -0.15) is 0 Å². The number of likely N-dealkylation sites (tertiary alicyclic amines) is 1. The fraction of sp³-hybridized carbons (Fsp3) is 0.667. The summed E-state index contributed by atoms with van der Waals surface area (Å²) in [4.78, 5) is 23.3. The highest BCUT2D eigenvalue weighted by molar-refractivity contribution is 5.80. The van der Waals surface area contributed by atoms with Crippen LogP contribution in [0.5, 0.6) is 0 Å². The molecule has 1 amide bonds. The molecule has 1 N–H and O–H groups in total. The first-order valence-electron chi connectivity index (χ1n) is 4.51. The second-order valence-electron chi connectivity index (χ2n) is 3.14. The van der Waals surface area contributed by atoms with Gasteiger partial charge in [0.15, 0.2) is 0 Å². The molecule has 0 unspecified atom stereocenters. The van der Waals surface area contributed by atoms with Gasteiger partial charge in [0.1, 0.15) is 0 Å². The van der Waals surface area contributed by atoms with Crippen LogP contribution in [0.3, 0.4) is 0 Å². The molecule has 1 heterocycles. The summed E-state index contributed by atoms with van der Waals surface area (Å²) in [5.74, 6) is -0.938. The Morgan fingerprint density at radius 2 is 1.85 bits per heavy atom. The maximum Gasteiger partial charge on any atom is 0.303 e. The van der Waals surface area contributed by atoms with Gasteiger partial charge in [0.25, 0.3) is 0 Å². The minimum absolute atomic E-state index is 0.0319. The summed E-state index contributed by atoms with van der Waals surface area (Å²) >= 11 is 0. The van der Waals surface area contributed by atoms with Gasteiger partial charge in [0.05, 0.1) is 6.42 Å². The molecule has 13 heavy (non-hydrogen) atoms. The van der Waals surface area contributed by atoms with Gasteiger partial charge in [-0.05, 0) is 19.3 Å². The van der Waals surface area contributed by atoms with E-state index in [2.05, 4.69) is 6.42 Å². The molecule has 73 valence electrons. The van der Waals surface area contributed by atoms with E-state index < -0.39 is 5.97 Å². The maximum atomic E-state index is 11.4. The average Bonchev–Trinajstić information content (AvgIpc) is 2.15. The molecule has 1 aliphatic rings. The van der Waals surface area contributed by atoms with Gasteiger partial charge in [-0.1, -0.05) is 0 Å². The molecule has 4 heteroatoms. The van der Waals surface area contributed by atoms with Crippen LogP contribution in [0.15, 0.2) is 0 Å². The topological polar surface area (TPSA) is 57.6 Å². The first kappa shape index (κ1) is 10.0. The Morgan fingerprint density at radius 3 is 2.38 bits per heavy atom. The Morgan fingerprint density at radius 1 is 1.23 bits per heavy atom. The number of rotatable bonds is 3. The van der Waals surface area contributed by atoms with E-state index in [0.717, 1.165) is 25.9 Å². The lowest BCUT2D eigenvalue weighted by molar-refractivity contribution is -0.141. The number of piperidine rings is 1. The summed E-state index contributed by atoms with van der Waals surface area (Å²) in [5.41, 5.74) is 0. The smallest absolute Gasteiger partial charge is 0.303 e. The maximum absolute atomic E-state index is 11.4. The number of carboxylic acid groups (broad SMARTS) is 1. The van der Waals surface area contributed by atoms with Crippen LogP contribution in [0.4, 0.5) is 0 Å². The normalized spacial score (nSPS) is 17.1. The van der Waals surface area contributed by atoms with Crippen LogP contribution < -0.4 is 0 Å². The predicted molar refractivity (Wildman–Crippen MR) is 47.0 cm³/mol.